The van der Waals surface area contributed by atoms with Gasteiger partial charge in [-0.15, -0.1) is 11.8 Å². The fourth-order valence-corrected chi connectivity index (χ4v) is 4.31. The molecule has 0 bridgehead atoms. The lowest BCUT2D eigenvalue weighted by Crippen LogP contribution is -2.24. The van der Waals surface area contributed by atoms with E-state index in [1.807, 2.05) is 13.0 Å². The maximum atomic E-state index is 12.8. The van der Waals surface area contributed by atoms with E-state index in [1.165, 1.54) is 23.9 Å². The van der Waals surface area contributed by atoms with Crippen LogP contribution in [0.5, 0.6) is 0 Å². The van der Waals surface area contributed by atoms with Crippen molar-refractivity contribution in [2.24, 2.45) is 0 Å². The number of nitrogens with one attached hydrogen (secondary N) is 2. The van der Waals surface area contributed by atoms with Crippen LogP contribution < -0.4 is 10.6 Å². The molecule has 1 unspecified atom stereocenters. The van der Waals surface area contributed by atoms with E-state index >= 15 is 0 Å². The van der Waals surface area contributed by atoms with Gasteiger partial charge in [-0.25, -0.2) is 4.79 Å². The van der Waals surface area contributed by atoms with E-state index < -0.39 is 17.1 Å². The van der Waals surface area contributed by atoms with Gasteiger partial charge in [0.25, 0.3) is 5.91 Å². The van der Waals surface area contributed by atoms with Crippen molar-refractivity contribution in [2.45, 2.75) is 23.5 Å². The highest BCUT2D eigenvalue weighted by atomic mass is 35.5. The van der Waals surface area contributed by atoms with Gasteiger partial charge in [0.05, 0.1) is 26.4 Å². The van der Waals surface area contributed by atoms with Crippen LogP contribution in [0.25, 0.3) is 0 Å². The molecular weight excluding hydrogens is 483 g/mol. The fourth-order valence-electron chi connectivity index (χ4n) is 3.00. The first-order valence-corrected chi connectivity index (χ1v) is 11.6. The minimum Gasteiger partial charge on any atom is -0.478 e. The highest BCUT2D eigenvalue weighted by Crippen LogP contribution is 2.30. The molecule has 0 saturated carbocycles. The van der Waals surface area contributed by atoms with Gasteiger partial charge < -0.3 is 15.7 Å². The first kappa shape index (κ1) is 24.6. The monoisotopic (exact) mass is 502 g/mol. The van der Waals surface area contributed by atoms with E-state index in [2.05, 4.69) is 10.6 Å². The largest absolute Gasteiger partial charge is 0.478 e. The summed E-state index contributed by atoms with van der Waals surface area (Å²) in [6.45, 7) is 1.90. The molecule has 3 aromatic carbocycles. The molecule has 3 rings (SSSR count). The Morgan fingerprint density at radius 1 is 0.879 bits per heavy atom. The van der Waals surface area contributed by atoms with Crippen LogP contribution in [0, 0.1) is 0 Å². The number of halogens is 2. The van der Waals surface area contributed by atoms with Gasteiger partial charge in [-0.2, -0.15) is 0 Å². The molecule has 170 valence electrons. The molecule has 0 aliphatic rings. The van der Waals surface area contributed by atoms with Crippen molar-refractivity contribution in [3.63, 3.8) is 0 Å². The van der Waals surface area contributed by atoms with Crippen LogP contribution in [0.3, 0.4) is 0 Å². The van der Waals surface area contributed by atoms with Crippen LogP contribution >= 0.6 is 35.0 Å². The highest BCUT2D eigenvalue weighted by molar-refractivity contribution is 8.00. The van der Waals surface area contributed by atoms with Crippen LogP contribution in [-0.4, -0.2) is 28.1 Å². The third kappa shape index (κ3) is 6.51. The number of carboxylic acid groups (broad SMARTS) is 1. The Labute approximate surface area is 205 Å². The molecule has 6 nitrogen and oxygen atoms in total. The Balaban J connectivity index is 1.70. The number of rotatable bonds is 8. The number of hydrogen-bond acceptors (Lipinski definition) is 4. The van der Waals surface area contributed by atoms with Crippen LogP contribution in [0.4, 0.5) is 11.4 Å². The Hall–Kier alpha value is -3.00. The van der Waals surface area contributed by atoms with E-state index in [0.717, 1.165) is 4.90 Å². The molecule has 1 atom stereocenters. The van der Waals surface area contributed by atoms with Crippen molar-refractivity contribution in [1.29, 1.82) is 0 Å². The minimum absolute atomic E-state index is 0.0653. The van der Waals surface area contributed by atoms with Crippen molar-refractivity contribution in [3.8, 4) is 0 Å². The van der Waals surface area contributed by atoms with Crippen LogP contribution in [0.1, 0.15) is 34.1 Å². The number of amides is 2. The van der Waals surface area contributed by atoms with Gasteiger partial charge in [0.15, 0.2) is 0 Å². The van der Waals surface area contributed by atoms with Crippen molar-refractivity contribution < 1.29 is 19.5 Å². The number of aromatic carboxylic acids is 1. The van der Waals surface area contributed by atoms with E-state index in [1.54, 1.807) is 48.5 Å². The average Bonchev–Trinajstić information content (AvgIpc) is 2.80. The topological polar surface area (TPSA) is 95.5 Å². The summed E-state index contributed by atoms with van der Waals surface area (Å²) in [6.07, 6.45) is 0.570. The Bertz CT molecular complexity index is 1200. The maximum Gasteiger partial charge on any atom is 0.336 e. The van der Waals surface area contributed by atoms with Crippen LogP contribution in [-0.2, 0) is 4.79 Å². The fraction of sp³-hybridized carbons (Fsp3) is 0.125. The molecule has 0 aliphatic carbocycles. The summed E-state index contributed by atoms with van der Waals surface area (Å²) in [7, 11) is 0. The molecule has 0 aromatic heterocycles. The van der Waals surface area contributed by atoms with Crippen molar-refractivity contribution in [1.82, 2.24) is 0 Å². The number of hydrogen-bond donors (Lipinski definition) is 3. The van der Waals surface area contributed by atoms with Crippen LogP contribution in [0.2, 0.25) is 10.0 Å². The van der Waals surface area contributed by atoms with Crippen molar-refractivity contribution in [3.05, 3.63) is 87.9 Å². The number of carbonyl (C=O) groups is 3. The SMILES string of the molecule is CCC(Sc1cccc(NC(=O)c2ccccc2C(=O)O)c1)C(=O)Nc1ccc(Cl)c(Cl)c1. The van der Waals surface area contributed by atoms with E-state index in [4.69, 9.17) is 23.2 Å². The second-order valence-corrected chi connectivity index (χ2v) is 9.06. The van der Waals surface area contributed by atoms with Gasteiger partial charge in [-0.3, -0.25) is 9.59 Å². The Kier molecular flexibility index (Phi) is 8.38. The molecule has 3 N–H and O–H groups in total. The highest BCUT2D eigenvalue weighted by Gasteiger charge is 2.20. The van der Waals surface area contributed by atoms with Crippen molar-refractivity contribution >= 4 is 64.1 Å². The summed E-state index contributed by atoms with van der Waals surface area (Å²) in [4.78, 5) is 37.5. The maximum absolute atomic E-state index is 12.8. The zero-order chi connectivity index (χ0) is 24.0. The van der Waals surface area contributed by atoms with Crippen molar-refractivity contribution in [2.75, 3.05) is 10.6 Å². The van der Waals surface area contributed by atoms with Crippen LogP contribution in [0.15, 0.2) is 71.6 Å². The van der Waals surface area contributed by atoms with Gasteiger partial charge in [0.1, 0.15) is 0 Å². The lowest BCUT2D eigenvalue weighted by molar-refractivity contribution is -0.115. The quantitative estimate of drug-likeness (QED) is 0.307. The standard InChI is InChI=1S/C24H20Cl2N2O4S/c1-2-21(23(30)28-15-10-11-19(25)20(26)13-15)33-16-7-5-6-14(12-16)27-22(29)17-8-3-4-9-18(17)24(31)32/h3-13,21H,2H2,1H3,(H,27,29)(H,28,30)(H,31,32). The second kappa shape index (κ2) is 11.2. The molecule has 9 heteroatoms. The number of benzene rings is 3. The van der Waals surface area contributed by atoms with Gasteiger partial charge in [-0.05, 0) is 55.0 Å². The second-order valence-electron chi connectivity index (χ2n) is 6.97. The molecule has 0 aliphatic heterocycles. The number of carboxylic acids is 1. The number of thioether (sulfide) groups is 1. The molecular formula is C24H20Cl2N2O4S. The lowest BCUT2D eigenvalue weighted by atomic mass is 10.1. The molecule has 0 radical (unpaired) electrons. The summed E-state index contributed by atoms with van der Waals surface area (Å²) in [5, 5.41) is 15.2. The molecule has 3 aromatic rings. The predicted molar refractivity (Wildman–Crippen MR) is 133 cm³/mol. The normalized spacial score (nSPS) is 11.5. The summed E-state index contributed by atoms with van der Waals surface area (Å²) < 4.78 is 0. The molecule has 2 amide bonds. The molecule has 0 spiro atoms. The third-order valence-electron chi connectivity index (χ3n) is 4.62. The molecule has 0 fully saturated rings. The summed E-state index contributed by atoms with van der Waals surface area (Å²) >= 11 is 13.3. The minimum atomic E-state index is -1.18. The summed E-state index contributed by atoms with van der Waals surface area (Å²) in [6, 6.07) is 17.9. The van der Waals surface area contributed by atoms with Gasteiger partial charge >= 0.3 is 5.97 Å². The third-order valence-corrected chi connectivity index (χ3v) is 6.72. The zero-order valence-corrected chi connectivity index (χ0v) is 19.8. The Morgan fingerprint density at radius 2 is 1.58 bits per heavy atom. The summed E-state index contributed by atoms with van der Waals surface area (Å²) in [5.74, 6) is -1.89. The van der Waals surface area contributed by atoms with Gasteiger partial charge in [0.2, 0.25) is 5.91 Å². The summed E-state index contributed by atoms with van der Waals surface area (Å²) in [5.41, 5.74) is 1.03. The Morgan fingerprint density at radius 3 is 2.24 bits per heavy atom. The lowest BCUT2D eigenvalue weighted by Gasteiger charge is -2.16. The average molecular weight is 503 g/mol. The van der Waals surface area contributed by atoms with Gasteiger partial charge in [-0.1, -0.05) is 48.3 Å². The smallest absolute Gasteiger partial charge is 0.336 e. The van der Waals surface area contributed by atoms with Gasteiger partial charge in [0, 0.05) is 16.3 Å². The molecule has 0 saturated heterocycles. The number of carbonyl (C=O) groups excluding carboxylic acids is 2. The molecule has 33 heavy (non-hydrogen) atoms. The van der Waals surface area contributed by atoms with E-state index in [-0.39, 0.29) is 17.0 Å². The number of anilines is 2. The van der Waals surface area contributed by atoms with E-state index in [9.17, 15) is 19.5 Å². The molecule has 0 heterocycles. The zero-order valence-electron chi connectivity index (χ0n) is 17.5. The van der Waals surface area contributed by atoms with E-state index in [0.29, 0.717) is 27.8 Å². The first-order valence-electron chi connectivity index (χ1n) is 9.94. The first-order chi connectivity index (χ1) is 15.8. The predicted octanol–water partition coefficient (Wildman–Crippen LogP) is 6.45.